The van der Waals surface area contributed by atoms with Gasteiger partial charge >= 0.3 is 5.69 Å². The Kier molecular flexibility index (Phi) is 3.79. The van der Waals surface area contributed by atoms with Gasteiger partial charge in [0.2, 0.25) is 11.6 Å². The lowest BCUT2D eigenvalue weighted by Crippen LogP contribution is -2.33. The quantitative estimate of drug-likeness (QED) is 0.614. The zero-order valence-corrected chi connectivity index (χ0v) is 11.0. The van der Waals surface area contributed by atoms with E-state index in [-0.39, 0.29) is 22.9 Å². The monoisotopic (exact) mass is 267 g/mol. The fourth-order valence-corrected chi connectivity index (χ4v) is 2.11. The van der Waals surface area contributed by atoms with E-state index in [1.807, 2.05) is 6.92 Å². The van der Waals surface area contributed by atoms with Crippen molar-refractivity contribution in [1.29, 1.82) is 0 Å². The number of hydrogen-bond donors (Lipinski definition) is 2. The second-order valence-electron chi connectivity index (χ2n) is 4.68. The average molecular weight is 267 g/mol. The Morgan fingerprint density at radius 1 is 1.53 bits per heavy atom. The van der Waals surface area contributed by atoms with Gasteiger partial charge in [-0.15, -0.1) is 0 Å². The first-order chi connectivity index (χ1) is 9.06. The van der Waals surface area contributed by atoms with Crippen LogP contribution in [0.25, 0.3) is 0 Å². The number of nitro groups is 1. The first kappa shape index (κ1) is 13.5. The number of aromatic nitrogens is 2. The summed E-state index contributed by atoms with van der Waals surface area (Å²) in [6, 6.07) is 0. The van der Waals surface area contributed by atoms with Crippen molar-refractivity contribution in [2.45, 2.75) is 25.4 Å². The van der Waals surface area contributed by atoms with Gasteiger partial charge < -0.3 is 15.4 Å². The number of nitrogens with one attached hydrogen (secondary N) is 2. The van der Waals surface area contributed by atoms with E-state index in [1.54, 1.807) is 7.05 Å². The van der Waals surface area contributed by atoms with Gasteiger partial charge in [0.05, 0.1) is 10.5 Å². The smallest absolute Gasteiger partial charge is 0.353 e. The Morgan fingerprint density at radius 2 is 2.26 bits per heavy atom. The van der Waals surface area contributed by atoms with E-state index in [4.69, 9.17) is 4.74 Å². The summed E-state index contributed by atoms with van der Waals surface area (Å²) in [5.74, 6) is 0.404. The molecule has 1 atom stereocenters. The van der Waals surface area contributed by atoms with Crippen LogP contribution in [0.15, 0.2) is 6.33 Å². The van der Waals surface area contributed by atoms with Crippen molar-refractivity contribution in [2.24, 2.45) is 0 Å². The molecule has 1 aromatic heterocycles. The summed E-state index contributed by atoms with van der Waals surface area (Å²) in [6.45, 7) is 3.19. The molecule has 0 amide bonds. The highest BCUT2D eigenvalue weighted by Gasteiger charge is 2.31. The molecule has 2 N–H and O–H groups in total. The summed E-state index contributed by atoms with van der Waals surface area (Å²) in [5.41, 5.74) is -0.440. The minimum atomic E-state index is -0.494. The maximum Gasteiger partial charge on any atom is 0.353 e. The van der Waals surface area contributed by atoms with E-state index >= 15 is 0 Å². The summed E-state index contributed by atoms with van der Waals surface area (Å²) < 4.78 is 5.63. The Labute approximate surface area is 110 Å². The fourth-order valence-electron chi connectivity index (χ4n) is 2.11. The first-order valence-electron chi connectivity index (χ1n) is 6.11. The van der Waals surface area contributed by atoms with Gasteiger partial charge in [0.1, 0.15) is 6.33 Å². The Bertz CT molecular complexity index is 473. The Balaban J connectivity index is 2.17. The molecule has 0 bridgehead atoms. The molecular formula is C11H17N5O3. The van der Waals surface area contributed by atoms with Crippen LogP contribution < -0.4 is 10.6 Å². The Morgan fingerprint density at radius 3 is 2.84 bits per heavy atom. The summed E-state index contributed by atoms with van der Waals surface area (Å²) in [5, 5.41) is 16.8. The first-order valence-corrected chi connectivity index (χ1v) is 6.11. The van der Waals surface area contributed by atoms with Gasteiger partial charge in [0.25, 0.3) is 0 Å². The summed E-state index contributed by atoms with van der Waals surface area (Å²) in [4.78, 5) is 18.4. The number of ether oxygens (including phenoxy) is 1. The highest BCUT2D eigenvalue weighted by atomic mass is 16.6. The SMILES string of the molecule is CNc1ncnc(NCC2(C)CCCO2)c1[N+](=O)[O-]. The zero-order valence-electron chi connectivity index (χ0n) is 11.0. The molecule has 0 saturated carbocycles. The summed E-state index contributed by atoms with van der Waals surface area (Å²) in [7, 11) is 1.58. The number of anilines is 2. The molecule has 1 unspecified atom stereocenters. The maximum absolute atomic E-state index is 11.1. The third-order valence-electron chi connectivity index (χ3n) is 3.17. The van der Waals surface area contributed by atoms with Gasteiger partial charge in [-0.3, -0.25) is 10.1 Å². The number of rotatable bonds is 5. The molecule has 2 rings (SSSR count). The van der Waals surface area contributed by atoms with Crippen LogP contribution in [0.2, 0.25) is 0 Å². The van der Waals surface area contributed by atoms with E-state index in [2.05, 4.69) is 20.6 Å². The van der Waals surface area contributed by atoms with Crippen molar-refractivity contribution in [2.75, 3.05) is 30.8 Å². The zero-order chi connectivity index (χ0) is 13.9. The van der Waals surface area contributed by atoms with Gasteiger partial charge in [-0.1, -0.05) is 0 Å². The topological polar surface area (TPSA) is 102 Å². The molecule has 1 aromatic rings. The Hall–Kier alpha value is -1.96. The second kappa shape index (κ2) is 5.35. The molecule has 0 radical (unpaired) electrons. The minimum Gasteiger partial charge on any atom is -0.373 e. The molecule has 1 aliphatic rings. The summed E-state index contributed by atoms with van der Waals surface area (Å²) >= 11 is 0. The minimum absolute atomic E-state index is 0.147. The predicted molar refractivity (Wildman–Crippen MR) is 70.3 cm³/mol. The fraction of sp³-hybridized carbons (Fsp3) is 0.636. The lowest BCUT2D eigenvalue weighted by molar-refractivity contribution is -0.383. The molecule has 104 valence electrons. The largest absolute Gasteiger partial charge is 0.373 e. The highest BCUT2D eigenvalue weighted by molar-refractivity contribution is 5.69. The molecule has 0 aromatic carbocycles. The normalized spacial score (nSPS) is 22.2. The van der Waals surface area contributed by atoms with E-state index in [0.29, 0.717) is 6.54 Å². The van der Waals surface area contributed by atoms with Crippen LogP contribution in [0.1, 0.15) is 19.8 Å². The molecule has 0 aliphatic carbocycles. The van der Waals surface area contributed by atoms with E-state index in [0.717, 1.165) is 19.4 Å². The van der Waals surface area contributed by atoms with E-state index in [9.17, 15) is 10.1 Å². The van der Waals surface area contributed by atoms with Gasteiger partial charge in [-0.25, -0.2) is 9.97 Å². The molecule has 19 heavy (non-hydrogen) atoms. The predicted octanol–water partition coefficient (Wildman–Crippen LogP) is 1.41. The van der Waals surface area contributed by atoms with Crippen LogP contribution in [-0.4, -0.2) is 40.7 Å². The molecule has 8 heteroatoms. The van der Waals surface area contributed by atoms with Crippen LogP contribution in [0.5, 0.6) is 0 Å². The third-order valence-corrected chi connectivity index (χ3v) is 3.17. The maximum atomic E-state index is 11.1. The molecule has 1 saturated heterocycles. The van der Waals surface area contributed by atoms with Gasteiger partial charge in [0.15, 0.2) is 0 Å². The van der Waals surface area contributed by atoms with E-state index < -0.39 is 4.92 Å². The van der Waals surface area contributed by atoms with Gasteiger partial charge in [-0.05, 0) is 19.8 Å². The molecule has 2 heterocycles. The lowest BCUT2D eigenvalue weighted by Gasteiger charge is -2.23. The second-order valence-corrected chi connectivity index (χ2v) is 4.68. The van der Waals surface area contributed by atoms with Crippen molar-refractivity contribution in [1.82, 2.24) is 9.97 Å². The van der Waals surface area contributed by atoms with Crippen LogP contribution in [0.4, 0.5) is 17.3 Å². The van der Waals surface area contributed by atoms with Crippen molar-refractivity contribution in [3.8, 4) is 0 Å². The van der Waals surface area contributed by atoms with Crippen LogP contribution in [-0.2, 0) is 4.74 Å². The molecule has 8 nitrogen and oxygen atoms in total. The van der Waals surface area contributed by atoms with Crippen molar-refractivity contribution >= 4 is 17.3 Å². The molecular weight excluding hydrogens is 250 g/mol. The van der Waals surface area contributed by atoms with Gasteiger partial charge in [-0.2, -0.15) is 0 Å². The van der Waals surface area contributed by atoms with Crippen LogP contribution in [0.3, 0.4) is 0 Å². The number of hydrogen-bond acceptors (Lipinski definition) is 7. The third kappa shape index (κ3) is 2.90. The van der Waals surface area contributed by atoms with Gasteiger partial charge in [0, 0.05) is 20.2 Å². The molecule has 1 aliphatic heterocycles. The number of nitrogens with zero attached hydrogens (tertiary/aromatic N) is 3. The van der Waals surface area contributed by atoms with Crippen molar-refractivity contribution in [3.05, 3.63) is 16.4 Å². The lowest BCUT2D eigenvalue weighted by atomic mass is 10.0. The van der Waals surface area contributed by atoms with Crippen molar-refractivity contribution < 1.29 is 9.66 Å². The highest BCUT2D eigenvalue weighted by Crippen LogP contribution is 2.30. The summed E-state index contributed by atoms with van der Waals surface area (Å²) in [6.07, 6.45) is 3.22. The average Bonchev–Trinajstić information content (AvgIpc) is 2.83. The van der Waals surface area contributed by atoms with E-state index in [1.165, 1.54) is 6.33 Å². The van der Waals surface area contributed by atoms with Crippen LogP contribution >= 0.6 is 0 Å². The van der Waals surface area contributed by atoms with Crippen molar-refractivity contribution in [3.63, 3.8) is 0 Å². The molecule has 0 spiro atoms. The molecule has 1 fully saturated rings. The van der Waals surface area contributed by atoms with Crippen LogP contribution in [0, 0.1) is 10.1 Å². The standard InChI is InChI=1S/C11H17N5O3/c1-11(4-3-5-19-11)6-13-10-8(16(17)18)9(12-2)14-7-15-10/h7H,3-6H2,1-2H3,(H2,12,13,14,15).